The number of thiocarbonyl (C=S) groups is 1. The number of nitro groups is 1. The van der Waals surface area contributed by atoms with Crippen LogP contribution in [-0.4, -0.2) is 27.1 Å². The van der Waals surface area contributed by atoms with Gasteiger partial charge in [-0.15, -0.1) is 0 Å². The van der Waals surface area contributed by atoms with E-state index in [9.17, 15) is 10.1 Å². The number of nitrogens with zero attached hydrogens (tertiary/aromatic N) is 4. The van der Waals surface area contributed by atoms with Gasteiger partial charge < -0.3 is 5.32 Å². The van der Waals surface area contributed by atoms with Crippen LogP contribution in [0.5, 0.6) is 0 Å². The molecule has 0 aliphatic heterocycles. The van der Waals surface area contributed by atoms with Crippen molar-refractivity contribution in [1.29, 1.82) is 0 Å². The fraction of sp³-hybridized carbons (Fsp3) is 0.118. The number of benzene rings is 2. The molecule has 0 aliphatic carbocycles. The fourth-order valence-electron chi connectivity index (χ4n) is 2.40. The monoisotopic (exact) mass is 368 g/mol. The van der Waals surface area contributed by atoms with Gasteiger partial charge in [0.1, 0.15) is 0 Å². The van der Waals surface area contributed by atoms with Crippen molar-refractivity contribution < 1.29 is 4.92 Å². The van der Waals surface area contributed by atoms with Gasteiger partial charge in [-0.2, -0.15) is 0 Å². The lowest BCUT2D eigenvalue weighted by Gasteiger charge is -2.21. The molecular weight excluding hydrogens is 352 g/mol. The first-order chi connectivity index (χ1) is 12.4. The van der Waals surface area contributed by atoms with Crippen molar-refractivity contribution in [2.45, 2.75) is 6.92 Å². The van der Waals surface area contributed by atoms with Gasteiger partial charge in [-0.3, -0.25) is 20.5 Å². The molecule has 1 heterocycles. The Morgan fingerprint density at radius 2 is 1.85 bits per heavy atom. The smallest absolute Gasteiger partial charge is 0.269 e. The molecule has 0 fully saturated rings. The van der Waals surface area contributed by atoms with Gasteiger partial charge in [-0.25, -0.2) is 9.97 Å². The predicted molar refractivity (Wildman–Crippen MR) is 105 cm³/mol. The minimum atomic E-state index is -0.451. The number of non-ortho nitro benzene ring substituents is 1. The van der Waals surface area contributed by atoms with Crippen molar-refractivity contribution in [3.63, 3.8) is 0 Å². The molecule has 0 bridgehead atoms. The third-order valence-electron chi connectivity index (χ3n) is 3.69. The van der Waals surface area contributed by atoms with Crippen molar-refractivity contribution in [3.05, 3.63) is 64.3 Å². The second kappa shape index (κ2) is 7.28. The van der Waals surface area contributed by atoms with Crippen molar-refractivity contribution in [3.8, 4) is 0 Å². The van der Waals surface area contributed by atoms with Gasteiger partial charge in [0.25, 0.3) is 5.69 Å². The van der Waals surface area contributed by atoms with Gasteiger partial charge in [-0.05, 0) is 37.3 Å². The van der Waals surface area contributed by atoms with E-state index < -0.39 is 4.92 Å². The zero-order valence-corrected chi connectivity index (χ0v) is 14.9. The van der Waals surface area contributed by atoms with Gasteiger partial charge >= 0.3 is 0 Å². The van der Waals surface area contributed by atoms with Crippen LogP contribution in [0.1, 0.15) is 5.69 Å². The zero-order valence-electron chi connectivity index (χ0n) is 14.1. The van der Waals surface area contributed by atoms with E-state index in [1.54, 1.807) is 24.2 Å². The number of para-hydroxylation sites is 1. The Bertz CT molecular complexity index is 977. The molecule has 0 saturated carbocycles. The van der Waals surface area contributed by atoms with E-state index in [-0.39, 0.29) is 5.69 Å². The Morgan fingerprint density at radius 1 is 1.15 bits per heavy atom. The number of hydrogen-bond acceptors (Lipinski definition) is 6. The Morgan fingerprint density at radius 3 is 2.54 bits per heavy atom. The average Bonchev–Trinajstić information content (AvgIpc) is 2.62. The van der Waals surface area contributed by atoms with Crippen LogP contribution in [0.3, 0.4) is 0 Å². The van der Waals surface area contributed by atoms with Crippen LogP contribution < -0.4 is 15.8 Å². The fourth-order valence-corrected chi connectivity index (χ4v) is 2.65. The summed E-state index contributed by atoms with van der Waals surface area (Å²) in [5.41, 5.74) is 5.34. The molecule has 0 amide bonds. The van der Waals surface area contributed by atoms with Crippen molar-refractivity contribution in [1.82, 2.24) is 15.4 Å². The molecule has 8 nitrogen and oxygen atoms in total. The van der Waals surface area contributed by atoms with Crippen LogP contribution in [0, 0.1) is 17.0 Å². The van der Waals surface area contributed by atoms with Crippen molar-refractivity contribution in [2.75, 3.05) is 17.4 Å². The largest absolute Gasteiger partial charge is 0.331 e. The lowest BCUT2D eigenvalue weighted by atomic mass is 10.2. The van der Waals surface area contributed by atoms with E-state index in [0.717, 1.165) is 16.6 Å². The second-order valence-corrected chi connectivity index (χ2v) is 5.96. The normalized spacial score (nSPS) is 10.4. The molecule has 0 saturated heterocycles. The first kappa shape index (κ1) is 17.5. The third kappa shape index (κ3) is 3.83. The zero-order chi connectivity index (χ0) is 18.7. The lowest BCUT2D eigenvalue weighted by molar-refractivity contribution is -0.384. The van der Waals surface area contributed by atoms with Gasteiger partial charge in [0.05, 0.1) is 16.1 Å². The van der Waals surface area contributed by atoms with E-state index >= 15 is 0 Å². The Labute approximate surface area is 155 Å². The minimum absolute atomic E-state index is 0.0200. The second-order valence-electron chi connectivity index (χ2n) is 5.56. The molecule has 9 heteroatoms. The van der Waals surface area contributed by atoms with E-state index in [1.165, 1.54) is 12.1 Å². The van der Waals surface area contributed by atoms with Crippen LogP contribution in [0.2, 0.25) is 0 Å². The summed E-state index contributed by atoms with van der Waals surface area (Å²) in [5.74, 6) is 0.481. The summed E-state index contributed by atoms with van der Waals surface area (Å²) in [6.07, 6.45) is 0. The number of aryl methyl sites for hydroxylation is 1. The number of nitro benzene ring substituents is 1. The van der Waals surface area contributed by atoms with Crippen molar-refractivity contribution in [2.24, 2.45) is 0 Å². The van der Waals surface area contributed by atoms with Gasteiger partial charge in [0, 0.05) is 30.3 Å². The molecule has 2 N–H and O–H groups in total. The Kier molecular flexibility index (Phi) is 4.90. The minimum Gasteiger partial charge on any atom is -0.331 e. The number of aromatic nitrogens is 2. The molecule has 1 aromatic heterocycles. The van der Waals surface area contributed by atoms with Crippen LogP contribution in [0.25, 0.3) is 10.9 Å². The van der Waals surface area contributed by atoms with E-state index in [1.807, 2.05) is 31.2 Å². The quantitative estimate of drug-likeness (QED) is 0.412. The molecule has 3 aromatic rings. The van der Waals surface area contributed by atoms with Gasteiger partial charge in [0.2, 0.25) is 5.95 Å². The number of anilines is 2. The van der Waals surface area contributed by atoms with E-state index in [0.29, 0.717) is 16.7 Å². The summed E-state index contributed by atoms with van der Waals surface area (Å²) in [7, 11) is 1.76. The van der Waals surface area contributed by atoms with Crippen LogP contribution in [-0.2, 0) is 0 Å². The highest BCUT2D eigenvalue weighted by atomic mass is 32.1. The van der Waals surface area contributed by atoms with E-state index in [4.69, 9.17) is 12.2 Å². The highest BCUT2D eigenvalue weighted by Crippen LogP contribution is 2.18. The molecule has 0 spiro atoms. The highest BCUT2D eigenvalue weighted by Gasteiger charge is 2.10. The SMILES string of the molecule is Cc1nc(N(C)NC(=S)Nc2ccc([N+](=O)[O-])cc2)nc2ccccc12. The van der Waals surface area contributed by atoms with Gasteiger partial charge in [0.15, 0.2) is 5.11 Å². The number of rotatable bonds is 4. The maximum absolute atomic E-state index is 10.7. The summed E-state index contributed by atoms with van der Waals surface area (Å²) in [5, 5.41) is 16.6. The molecule has 0 unspecified atom stereocenters. The maximum atomic E-state index is 10.7. The molecular formula is C17H16N6O2S. The van der Waals surface area contributed by atoms with Gasteiger partial charge in [-0.1, -0.05) is 18.2 Å². The summed E-state index contributed by atoms with van der Waals surface area (Å²) >= 11 is 5.27. The summed E-state index contributed by atoms with van der Waals surface area (Å²) in [4.78, 5) is 19.2. The van der Waals surface area contributed by atoms with Crippen LogP contribution >= 0.6 is 12.2 Å². The third-order valence-corrected chi connectivity index (χ3v) is 3.88. The highest BCUT2D eigenvalue weighted by molar-refractivity contribution is 7.80. The summed E-state index contributed by atoms with van der Waals surface area (Å²) < 4.78 is 0. The molecule has 3 rings (SSSR count). The standard InChI is InChI=1S/C17H16N6O2S/c1-11-14-5-3-4-6-15(14)20-16(18-11)22(2)21-17(26)19-12-7-9-13(10-8-12)23(24)25/h3-10H,1-2H3,(H2,19,21,26). The Hall–Kier alpha value is -3.33. The maximum Gasteiger partial charge on any atom is 0.269 e. The topological polar surface area (TPSA) is 96.2 Å². The summed E-state index contributed by atoms with van der Waals surface area (Å²) in [6.45, 7) is 1.93. The van der Waals surface area contributed by atoms with Crippen LogP contribution in [0.15, 0.2) is 48.5 Å². The number of fused-ring (bicyclic) bond motifs is 1. The predicted octanol–water partition coefficient (Wildman–Crippen LogP) is 3.18. The number of nitrogens with one attached hydrogen (secondary N) is 2. The van der Waals surface area contributed by atoms with Crippen LogP contribution in [0.4, 0.5) is 17.3 Å². The molecule has 0 radical (unpaired) electrons. The molecule has 0 aliphatic rings. The van der Waals surface area contributed by atoms with E-state index in [2.05, 4.69) is 20.7 Å². The lowest BCUT2D eigenvalue weighted by Crippen LogP contribution is -2.42. The molecule has 26 heavy (non-hydrogen) atoms. The first-order valence-electron chi connectivity index (χ1n) is 7.73. The molecule has 132 valence electrons. The number of hydrogen-bond donors (Lipinski definition) is 2. The average molecular weight is 368 g/mol. The Balaban J connectivity index is 1.70. The molecule has 0 atom stereocenters. The van der Waals surface area contributed by atoms with Crippen molar-refractivity contribution >= 4 is 45.6 Å². The molecule has 2 aromatic carbocycles. The first-order valence-corrected chi connectivity index (χ1v) is 8.14. The number of hydrazine groups is 1. The summed E-state index contributed by atoms with van der Waals surface area (Å²) in [6, 6.07) is 13.8.